The van der Waals surface area contributed by atoms with Crippen LogP contribution in [-0.4, -0.2) is 47.7 Å². The Hall–Kier alpha value is -2.46. The van der Waals surface area contributed by atoms with Crippen LogP contribution in [-0.2, 0) is 4.79 Å². The van der Waals surface area contributed by atoms with Crippen LogP contribution in [0.5, 0.6) is 11.5 Å². The molecule has 2 amide bonds. The average molecular weight is 450 g/mol. The molecule has 2 aliphatic rings. The van der Waals surface area contributed by atoms with Crippen LogP contribution >= 0.6 is 23.1 Å². The first kappa shape index (κ1) is 20.8. The van der Waals surface area contributed by atoms with E-state index in [1.54, 1.807) is 13.2 Å². The number of hydrogen-bond donors (Lipinski definition) is 1. The fraction of sp³-hybridized carbons (Fsp3) is 0.450. The Morgan fingerprint density at radius 1 is 1.23 bits per heavy atom. The van der Waals surface area contributed by atoms with Gasteiger partial charge in [0.05, 0.1) is 16.2 Å². The van der Waals surface area contributed by atoms with Gasteiger partial charge in [-0.05, 0) is 25.0 Å². The Bertz CT molecular complexity index is 929. The number of nitrogens with zero attached hydrogens (tertiary/aromatic N) is 3. The molecule has 0 atom stereocenters. The molecule has 0 spiro atoms. The van der Waals surface area contributed by atoms with Crippen LogP contribution in [0.1, 0.15) is 32.1 Å². The van der Waals surface area contributed by atoms with Gasteiger partial charge < -0.3 is 14.6 Å². The Kier molecular flexibility index (Phi) is 6.33. The molecule has 1 aliphatic heterocycles. The molecule has 0 bridgehead atoms. The largest absolute Gasteiger partial charge is 0.481 e. The molecule has 2 heterocycles. The van der Waals surface area contributed by atoms with Gasteiger partial charge in [-0.25, -0.2) is 9.78 Å². The number of anilines is 2. The number of carbonyl (C=O) groups is 2. The maximum Gasteiger partial charge on any atom is 0.330 e. The van der Waals surface area contributed by atoms with Crippen LogP contribution in [0.2, 0.25) is 0 Å². The molecule has 4 rings (SSSR count). The molecule has 1 aromatic heterocycles. The molecule has 1 aliphatic carbocycles. The number of aromatic nitrogens is 1. The summed E-state index contributed by atoms with van der Waals surface area (Å²) in [4.78, 5) is 32.1. The molecule has 0 unspecified atom stereocenters. The van der Waals surface area contributed by atoms with Gasteiger partial charge in [0.2, 0.25) is 6.79 Å². The Labute approximate surface area is 182 Å². The molecule has 10 heteroatoms. The minimum Gasteiger partial charge on any atom is -0.481 e. The predicted molar refractivity (Wildman–Crippen MR) is 116 cm³/mol. The average Bonchev–Trinajstić information content (AvgIpc) is 3.41. The second-order valence-corrected chi connectivity index (χ2v) is 9.47. The quantitative estimate of drug-likeness (QED) is 0.652. The van der Waals surface area contributed by atoms with E-state index < -0.39 is 5.97 Å². The first-order chi connectivity index (χ1) is 14.5. The summed E-state index contributed by atoms with van der Waals surface area (Å²) in [5.41, 5.74) is 0.778. The predicted octanol–water partition coefficient (Wildman–Crippen LogP) is 4.44. The number of urea groups is 1. The van der Waals surface area contributed by atoms with E-state index in [-0.39, 0.29) is 24.6 Å². The number of fused-ring (bicyclic) bond motifs is 1. The molecular formula is C20H23N3O5S2. The van der Waals surface area contributed by atoms with E-state index in [2.05, 4.69) is 4.98 Å². The highest BCUT2D eigenvalue weighted by Crippen LogP contribution is 2.38. The number of amides is 2. The van der Waals surface area contributed by atoms with Crippen LogP contribution in [0.25, 0.3) is 0 Å². The number of thiazole rings is 1. The first-order valence-electron chi connectivity index (χ1n) is 9.80. The number of benzene rings is 1. The van der Waals surface area contributed by atoms with E-state index >= 15 is 0 Å². The van der Waals surface area contributed by atoms with Crippen molar-refractivity contribution in [2.24, 2.45) is 0 Å². The molecule has 1 saturated carbocycles. The number of hydrogen-bond acceptors (Lipinski definition) is 7. The summed E-state index contributed by atoms with van der Waals surface area (Å²) in [5, 5.41) is 9.40. The zero-order chi connectivity index (χ0) is 21.1. The lowest BCUT2D eigenvalue weighted by Gasteiger charge is -2.36. The highest BCUT2D eigenvalue weighted by atomic mass is 32.2. The summed E-state index contributed by atoms with van der Waals surface area (Å²) in [6.45, 7) is 0.186. The van der Waals surface area contributed by atoms with E-state index in [4.69, 9.17) is 14.6 Å². The molecule has 8 nitrogen and oxygen atoms in total. The van der Waals surface area contributed by atoms with E-state index in [9.17, 15) is 9.59 Å². The van der Waals surface area contributed by atoms with Crippen molar-refractivity contribution < 1.29 is 24.2 Å². The van der Waals surface area contributed by atoms with Crippen molar-refractivity contribution in [3.63, 3.8) is 0 Å². The van der Waals surface area contributed by atoms with E-state index in [1.165, 1.54) is 34.4 Å². The monoisotopic (exact) mass is 449 g/mol. The lowest BCUT2D eigenvalue weighted by molar-refractivity contribution is -0.133. The third kappa shape index (κ3) is 4.49. The normalized spacial score (nSPS) is 15.8. The van der Waals surface area contributed by atoms with Gasteiger partial charge >= 0.3 is 12.0 Å². The van der Waals surface area contributed by atoms with Crippen LogP contribution in [0.15, 0.2) is 28.6 Å². The maximum atomic E-state index is 13.6. The topological polar surface area (TPSA) is 92.2 Å². The lowest BCUT2D eigenvalue weighted by atomic mass is 9.94. The summed E-state index contributed by atoms with van der Waals surface area (Å²) < 4.78 is 11.7. The van der Waals surface area contributed by atoms with Crippen molar-refractivity contribution in [2.75, 3.05) is 29.4 Å². The molecule has 1 fully saturated rings. The van der Waals surface area contributed by atoms with Crippen molar-refractivity contribution >= 4 is 45.9 Å². The second-order valence-electron chi connectivity index (χ2n) is 7.19. The zero-order valence-electron chi connectivity index (χ0n) is 16.6. The van der Waals surface area contributed by atoms with Crippen molar-refractivity contribution in [1.29, 1.82) is 0 Å². The summed E-state index contributed by atoms with van der Waals surface area (Å²) in [7, 11) is 1.70. The standard InChI is InChI=1S/C20H23N3O5S2/c1-22(19-21-10-18(30-19)29-11-17(24)25)20(26)23(13-5-3-2-4-6-13)14-7-8-15-16(9-14)28-12-27-15/h7-10,13H,2-6,11-12H2,1H3,(H,24,25). The zero-order valence-corrected chi connectivity index (χ0v) is 18.2. The van der Waals surface area contributed by atoms with Crippen LogP contribution in [0, 0.1) is 0 Å². The fourth-order valence-electron chi connectivity index (χ4n) is 3.70. The molecule has 30 heavy (non-hydrogen) atoms. The number of rotatable bonds is 6. The summed E-state index contributed by atoms with van der Waals surface area (Å²) in [6, 6.07) is 5.53. The molecule has 1 aromatic carbocycles. The number of carboxylic acids is 1. The molecular weight excluding hydrogens is 426 g/mol. The first-order valence-corrected chi connectivity index (χ1v) is 11.6. The highest BCUT2D eigenvalue weighted by Gasteiger charge is 2.31. The minimum atomic E-state index is -0.884. The van der Waals surface area contributed by atoms with E-state index in [1.807, 2.05) is 23.1 Å². The molecule has 0 radical (unpaired) electrons. The van der Waals surface area contributed by atoms with Gasteiger partial charge in [0, 0.05) is 24.8 Å². The molecule has 160 valence electrons. The highest BCUT2D eigenvalue weighted by molar-refractivity contribution is 8.01. The third-order valence-corrected chi connectivity index (χ3v) is 7.42. The fourth-order valence-corrected chi connectivity index (χ4v) is 5.34. The van der Waals surface area contributed by atoms with Gasteiger partial charge in [-0.1, -0.05) is 30.6 Å². The van der Waals surface area contributed by atoms with Crippen molar-refractivity contribution in [2.45, 2.75) is 42.4 Å². The van der Waals surface area contributed by atoms with Crippen LogP contribution in [0.3, 0.4) is 0 Å². The van der Waals surface area contributed by atoms with Gasteiger partial charge in [0.1, 0.15) is 0 Å². The van der Waals surface area contributed by atoms with Crippen LogP contribution in [0.4, 0.5) is 15.6 Å². The maximum absolute atomic E-state index is 13.6. The third-order valence-electron chi connectivity index (χ3n) is 5.16. The molecule has 0 saturated heterocycles. The number of thioether (sulfide) groups is 1. The van der Waals surface area contributed by atoms with E-state index in [0.717, 1.165) is 35.6 Å². The van der Waals surface area contributed by atoms with Crippen molar-refractivity contribution in [3.05, 3.63) is 24.4 Å². The van der Waals surface area contributed by atoms with Gasteiger partial charge in [-0.15, -0.1) is 11.8 Å². The van der Waals surface area contributed by atoms with Gasteiger partial charge in [0.25, 0.3) is 0 Å². The Balaban J connectivity index is 1.58. The Morgan fingerprint density at radius 3 is 2.77 bits per heavy atom. The SMILES string of the molecule is CN(C(=O)N(c1ccc2c(c1)OCO2)C1CCCCC1)c1ncc(SCC(=O)O)s1. The number of carbonyl (C=O) groups excluding carboxylic acids is 1. The number of carboxylic acid groups (broad SMARTS) is 1. The lowest BCUT2D eigenvalue weighted by Crippen LogP contribution is -2.48. The Morgan fingerprint density at radius 2 is 2.00 bits per heavy atom. The van der Waals surface area contributed by atoms with Gasteiger partial charge in [-0.3, -0.25) is 14.6 Å². The van der Waals surface area contributed by atoms with Crippen molar-refractivity contribution in [3.8, 4) is 11.5 Å². The summed E-state index contributed by atoms with van der Waals surface area (Å²) in [5.74, 6) is 0.407. The molecule has 1 N–H and O–H groups in total. The smallest absolute Gasteiger partial charge is 0.330 e. The summed E-state index contributed by atoms with van der Waals surface area (Å²) in [6.07, 6.45) is 6.89. The van der Waals surface area contributed by atoms with E-state index in [0.29, 0.717) is 16.6 Å². The minimum absolute atomic E-state index is 0.0370. The molecule has 2 aromatic rings. The number of aliphatic carboxylic acids is 1. The summed E-state index contributed by atoms with van der Waals surface area (Å²) >= 11 is 2.51. The number of ether oxygens (including phenoxy) is 2. The van der Waals surface area contributed by atoms with Crippen LogP contribution < -0.4 is 19.3 Å². The van der Waals surface area contributed by atoms with Crippen molar-refractivity contribution in [1.82, 2.24) is 4.98 Å². The van der Waals surface area contributed by atoms with Gasteiger partial charge in [-0.2, -0.15) is 0 Å². The van der Waals surface area contributed by atoms with Gasteiger partial charge in [0.15, 0.2) is 16.6 Å². The second kappa shape index (κ2) is 9.13.